The van der Waals surface area contributed by atoms with Gasteiger partial charge in [0.1, 0.15) is 13.0 Å². The SMILES string of the molecule is O=C(CC(=O)OCC(=O)OCc1ccccc1)Nc1ccc(S(=O)(=O)N2CCN(c3cccc(C(F)(F)F)c3)CC2)cc1. The first-order valence-corrected chi connectivity index (χ1v) is 14.5. The average Bonchev–Trinajstić information content (AvgIpc) is 2.99. The number of nitrogens with one attached hydrogen (secondary N) is 1. The van der Waals surface area contributed by atoms with Gasteiger partial charge in [0.25, 0.3) is 0 Å². The van der Waals surface area contributed by atoms with Gasteiger partial charge >= 0.3 is 18.1 Å². The number of hydrogen-bond acceptors (Lipinski definition) is 8. The first-order valence-electron chi connectivity index (χ1n) is 13.1. The summed E-state index contributed by atoms with van der Waals surface area (Å²) in [6, 6.07) is 19.1. The van der Waals surface area contributed by atoms with Crippen molar-refractivity contribution in [2.24, 2.45) is 0 Å². The number of esters is 2. The molecule has 0 bridgehead atoms. The summed E-state index contributed by atoms with van der Waals surface area (Å²) in [5, 5.41) is 2.45. The van der Waals surface area contributed by atoms with Crippen molar-refractivity contribution < 1.29 is 45.4 Å². The number of sulfonamides is 1. The highest BCUT2D eigenvalue weighted by Gasteiger charge is 2.32. The van der Waals surface area contributed by atoms with Gasteiger partial charge in [0, 0.05) is 37.6 Å². The maximum Gasteiger partial charge on any atom is 0.416 e. The van der Waals surface area contributed by atoms with Crippen LogP contribution in [0.3, 0.4) is 0 Å². The second-order valence-corrected chi connectivity index (χ2v) is 11.4. The van der Waals surface area contributed by atoms with Gasteiger partial charge in [0.15, 0.2) is 6.61 Å². The molecule has 1 amide bonds. The molecular weight excluding hydrogens is 591 g/mol. The Labute approximate surface area is 246 Å². The molecule has 1 aliphatic heterocycles. The van der Waals surface area contributed by atoms with Crippen molar-refractivity contribution in [3.05, 3.63) is 90.0 Å². The Bertz CT molecular complexity index is 1540. The Morgan fingerprint density at radius 3 is 2.14 bits per heavy atom. The lowest BCUT2D eigenvalue weighted by Crippen LogP contribution is -2.48. The average molecular weight is 620 g/mol. The van der Waals surface area contributed by atoms with Crippen molar-refractivity contribution in [1.82, 2.24) is 4.31 Å². The van der Waals surface area contributed by atoms with Crippen molar-refractivity contribution in [3.8, 4) is 0 Å². The third-order valence-corrected chi connectivity index (χ3v) is 8.36. The largest absolute Gasteiger partial charge is 0.458 e. The van der Waals surface area contributed by atoms with Gasteiger partial charge in [0.2, 0.25) is 15.9 Å². The minimum absolute atomic E-state index is 0.0133. The van der Waals surface area contributed by atoms with Crippen molar-refractivity contribution in [2.75, 3.05) is 43.0 Å². The predicted octanol–water partition coefficient (Wildman–Crippen LogP) is 3.83. The summed E-state index contributed by atoms with van der Waals surface area (Å²) < 4.78 is 76.4. The molecule has 1 N–H and O–H groups in total. The number of nitrogens with zero attached hydrogens (tertiary/aromatic N) is 2. The number of carbonyl (C=O) groups is 3. The molecule has 3 aromatic rings. The van der Waals surface area contributed by atoms with Gasteiger partial charge in [-0.3, -0.25) is 9.59 Å². The first-order chi connectivity index (χ1) is 20.4. The molecule has 0 unspecified atom stereocenters. The molecular formula is C29H28F3N3O7S. The molecule has 3 aromatic carbocycles. The van der Waals surface area contributed by atoms with Crippen LogP contribution in [0.1, 0.15) is 17.5 Å². The highest BCUT2D eigenvalue weighted by Crippen LogP contribution is 2.32. The lowest BCUT2D eigenvalue weighted by atomic mass is 10.1. The zero-order valence-corrected chi connectivity index (χ0v) is 23.6. The third kappa shape index (κ3) is 8.78. The summed E-state index contributed by atoms with van der Waals surface area (Å²) in [5.74, 6) is -2.45. The lowest BCUT2D eigenvalue weighted by molar-refractivity contribution is -0.160. The standard InChI is InChI=1S/C29H28F3N3O7S/c30-29(31,32)22-7-4-8-24(17-22)34-13-15-35(16-14-34)43(39,40)25-11-9-23(10-12-25)33-26(36)18-27(37)42-20-28(38)41-19-21-5-2-1-3-6-21/h1-12,17H,13-16,18-20H2,(H,33,36). The molecule has 1 aliphatic rings. The molecule has 0 radical (unpaired) electrons. The number of halogens is 3. The predicted molar refractivity (Wildman–Crippen MR) is 149 cm³/mol. The van der Waals surface area contributed by atoms with E-state index >= 15 is 0 Å². The molecule has 43 heavy (non-hydrogen) atoms. The van der Waals surface area contributed by atoms with Crippen LogP contribution in [0.5, 0.6) is 0 Å². The number of hydrogen-bond donors (Lipinski definition) is 1. The maximum absolute atomic E-state index is 13.1. The van der Waals surface area contributed by atoms with Crippen LogP contribution in [0.2, 0.25) is 0 Å². The number of piperazine rings is 1. The summed E-state index contributed by atoms with van der Waals surface area (Å²) in [5.41, 5.74) is 0.576. The van der Waals surface area contributed by atoms with Crippen LogP contribution < -0.4 is 10.2 Å². The van der Waals surface area contributed by atoms with Gasteiger partial charge in [-0.25, -0.2) is 13.2 Å². The van der Waals surface area contributed by atoms with Crippen LogP contribution in [0.4, 0.5) is 24.5 Å². The summed E-state index contributed by atoms with van der Waals surface area (Å²) in [4.78, 5) is 37.6. The van der Waals surface area contributed by atoms with Crippen LogP contribution >= 0.6 is 0 Å². The van der Waals surface area contributed by atoms with E-state index in [1.54, 1.807) is 35.2 Å². The van der Waals surface area contributed by atoms with E-state index in [9.17, 15) is 36.0 Å². The molecule has 0 aliphatic carbocycles. The van der Waals surface area contributed by atoms with Crippen LogP contribution in [0.15, 0.2) is 83.8 Å². The Morgan fingerprint density at radius 1 is 0.814 bits per heavy atom. The zero-order chi connectivity index (χ0) is 31.0. The zero-order valence-electron chi connectivity index (χ0n) is 22.7. The normalized spacial score (nSPS) is 14.2. The fourth-order valence-electron chi connectivity index (χ4n) is 4.23. The van der Waals surface area contributed by atoms with E-state index in [0.717, 1.165) is 17.7 Å². The number of benzene rings is 3. The molecule has 0 aromatic heterocycles. The third-order valence-electron chi connectivity index (χ3n) is 6.45. The molecule has 1 saturated heterocycles. The monoisotopic (exact) mass is 619 g/mol. The van der Waals surface area contributed by atoms with E-state index in [1.165, 1.54) is 34.6 Å². The minimum atomic E-state index is -4.48. The van der Waals surface area contributed by atoms with E-state index in [0.29, 0.717) is 5.69 Å². The van der Waals surface area contributed by atoms with Crippen molar-refractivity contribution >= 4 is 39.2 Å². The molecule has 4 rings (SSSR count). The Kier molecular flexibility index (Phi) is 10.0. The van der Waals surface area contributed by atoms with Crippen molar-refractivity contribution in [2.45, 2.75) is 24.1 Å². The molecule has 0 saturated carbocycles. The lowest BCUT2D eigenvalue weighted by Gasteiger charge is -2.35. The van der Waals surface area contributed by atoms with E-state index in [-0.39, 0.29) is 43.4 Å². The fourth-order valence-corrected chi connectivity index (χ4v) is 5.65. The van der Waals surface area contributed by atoms with Gasteiger partial charge in [-0.1, -0.05) is 36.4 Å². The van der Waals surface area contributed by atoms with Gasteiger partial charge < -0.3 is 19.7 Å². The quantitative estimate of drug-likeness (QED) is 0.269. The smallest absolute Gasteiger partial charge is 0.416 e. The van der Waals surface area contributed by atoms with E-state index < -0.39 is 52.6 Å². The Hall–Kier alpha value is -4.43. The van der Waals surface area contributed by atoms with Gasteiger partial charge in [-0.15, -0.1) is 0 Å². The number of rotatable bonds is 10. The van der Waals surface area contributed by atoms with Gasteiger partial charge in [-0.2, -0.15) is 17.5 Å². The van der Waals surface area contributed by atoms with Crippen LogP contribution in [-0.2, 0) is 46.7 Å². The first kappa shape index (κ1) is 31.5. The summed E-state index contributed by atoms with van der Waals surface area (Å²) in [6.07, 6.45) is -5.16. The number of alkyl halides is 3. The number of amides is 1. The summed E-state index contributed by atoms with van der Waals surface area (Å²) >= 11 is 0. The summed E-state index contributed by atoms with van der Waals surface area (Å²) in [6.45, 7) is -0.0951. The van der Waals surface area contributed by atoms with Gasteiger partial charge in [0.05, 0.1) is 10.5 Å². The van der Waals surface area contributed by atoms with Gasteiger partial charge in [-0.05, 0) is 48.0 Å². The Morgan fingerprint density at radius 2 is 1.49 bits per heavy atom. The van der Waals surface area contributed by atoms with E-state index in [4.69, 9.17) is 9.47 Å². The molecule has 14 heteroatoms. The van der Waals surface area contributed by atoms with Crippen LogP contribution in [0.25, 0.3) is 0 Å². The molecule has 10 nitrogen and oxygen atoms in total. The number of carbonyl (C=O) groups excluding carboxylic acids is 3. The second kappa shape index (κ2) is 13.7. The minimum Gasteiger partial charge on any atom is -0.458 e. The number of ether oxygens (including phenoxy) is 2. The van der Waals surface area contributed by atoms with E-state index in [2.05, 4.69) is 5.32 Å². The van der Waals surface area contributed by atoms with Crippen molar-refractivity contribution in [1.29, 1.82) is 0 Å². The topological polar surface area (TPSA) is 122 Å². The van der Waals surface area contributed by atoms with Crippen LogP contribution in [-0.4, -0.2) is 63.4 Å². The van der Waals surface area contributed by atoms with Crippen molar-refractivity contribution in [3.63, 3.8) is 0 Å². The second-order valence-electron chi connectivity index (χ2n) is 9.50. The molecule has 0 spiro atoms. The molecule has 228 valence electrons. The summed E-state index contributed by atoms with van der Waals surface area (Å²) in [7, 11) is -3.91. The maximum atomic E-state index is 13.1. The Balaban J connectivity index is 1.23. The molecule has 1 heterocycles. The van der Waals surface area contributed by atoms with E-state index in [1.807, 2.05) is 6.07 Å². The molecule has 1 fully saturated rings. The molecule has 0 atom stereocenters. The van der Waals surface area contributed by atoms with Crippen LogP contribution in [0, 0.1) is 0 Å². The number of anilines is 2. The highest BCUT2D eigenvalue weighted by molar-refractivity contribution is 7.89. The fraction of sp³-hybridized carbons (Fsp3) is 0.276. The highest BCUT2D eigenvalue weighted by atomic mass is 32.2.